The zero-order valence-electron chi connectivity index (χ0n) is 4.56. The van der Waals surface area contributed by atoms with Gasteiger partial charge in [0.15, 0.2) is 0 Å². The van der Waals surface area contributed by atoms with Crippen LogP contribution in [0.25, 0.3) is 0 Å². The van der Waals surface area contributed by atoms with E-state index < -0.39 is 6.30 Å². The molecule has 47 valence electrons. The van der Waals surface area contributed by atoms with Gasteiger partial charge in [0.1, 0.15) is 0 Å². The summed E-state index contributed by atoms with van der Waals surface area (Å²) >= 11 is 2.97. The number of hydrogen-bond acceptors (Lipinski definition) is 1. The van der Waals surface area contributed by atoms with Crippen LogP contribution in [-0.2, 0) is 0 Å². The van der Waals surface area contributed by atoms with E-state index >= 15 is 0 Å². The molecule has 0 atom stereocenters. The van der Waals surface area contributed by atoms with Crippen LogP contribution in [0.5, 0.6) is 0 Å². The third-order valence-corrected chi connectivity index (χ3v) is 1.41. The Morgan fingerprint density at radius 3 is 2.78 bits per heavy atom. The van der Waals surface area contributed by atoms with Crippen molar-refractivity contribution in [3.63, 3.8) is 0 Å². The third kappa shape index (κ3) is 1.48. The largest absolute Gasteiger partial charge is 0.291 e. The summed E-state index contributed by atoms with van der Waals surface area (Å²) in [6.07, 6.45) is 2.45. The van der Waals surface area contributed by atoms with E-state index in [4.69, 9.17) is 0 Å². The molecule has 1 aliphatic rings. The Morgan fingerprint density at radius 2 is 2.33 bits per heavy atom. The first kappa shape index (κ1) is 6.68. The lowest BCUT2D eigenvalue weighted by molar-refractivity contribution is 0.539. The van der Waals surface area contributed by atoms with E-state index in [0.717, 1.165) is 0 Å². The van der Waals surface area contributed by atoms with Gasteiger partial charge in [-0.2, -0.15) is 0 Å². The molecule has 0 aromatic heterocycles. The number of allylic oxidation sites excluding steroid dienone is 2. The van der Waals surface area contributed by atoms with Crippen LogP contribution in [0.2, 0.25) is 0 Å². The molecule has 0 spiro atoms. The van der Waals surface area contributed by atoms with Crippen LogP contribution in [0, 0.1) is 6.30 Å². The maximum absolute atomic E-state index is 12.3. The van der Waals surface area contributed by atoms with Gasteiger partial charge in [0.05, 0.1) is 4.48 Å². The monoisotopic (exact) mass is 188 g/mol. The lowest BCUT2D eigenvalue weighted by Crippen LogP contribution is -1.93. The smallest absolute Gasteiger partial charge is 0.244 e. The second-order valence-corrected chi connectivity index (χ2v) is 2.47. The molecule has 1 aliphatic heterocycles. The summed E-state index contributed by atoms with van der Waals surface area (Å²) in [5, 5.41) is 0. The average molecular weight is 189 g/mol. The quantitative estimate of drug-likeness (QED) is 0.518. The van der Waals surface area contributed by atoms with E-state index in [0.29, 0.717) is 10.1 Å². The topological polar surface area (TPSA) is 12.4 Å². The Morgan fingerprint density at radius 1 is 1.67 bits per heavy atom. The van der Waals surface area contributed by atoms with Gasteiger partial charge >= 0.3 is 0 Å². The number of hydrogen-bond donors (Lipinski definition) is 0. The SMILES string of the molecule is C=C1C=N[C](F)C(Br)=C1. The summed E-state index contributed by atoms with van der Waals surface area (Å²) in [6, 6.07) is 0. The summed E-state index contributed by atoms with van der Waals surface area (Å²) in [6.45, 7) is 3.56. The fourth-order valence-electron chi connectivity index (χ4n) is 0.461. The first-order valence-corrected chi connectivity index (χ1v) is 3.12. The van der Waals surface area contributed by atoms with Gasteiger partial charge in [-0.1, -0.05) is 6.58 Å². The van der Waals surface area contributed by atoms with Crippen LogP contribution in [0.4, 0.5) is 4.39 Å². The van der Waals surface area contributed by atoms with Crippen LogP contribution < -0.4 is 0 Å². The van der Waals surface area contributed by atoms with Crippen molar-refractivity contribution in [1.29, 1.82) is 0 Å². The predicted molar refractivity (Wildman–Crippen MR) is 39.0 cm³/mol. The zero-order chi connectivity index (χ0) is 6.85. The zero-order valence-corrected chi connectivity index (χ0v) is 6.15. The second-order valence-electron chi connectivity index (χ2n) is 1.62. The van der Waals surface area contributed by atoms with Gasteiger partial charge in [-0.3, -0.25) is 0 Å². The minimum absolute atomic E-state index is 0.356. The maximum atomic E-state index is 12.3. The van der Waals surface area contributed by atoms with Gasteiger partial charge in [0.25, 0.3) is 6.30 Å². The second kappa shape index (κ2) is 2.43. The molecule has 0 unspecified atom stereocenters. The Hall–Kier alpha value is -0.440. The molecule has 3 heteroatoms. The van der Waals surface area contributed by atoms with Gasteiger partial charge in [0.2, 0.25) is 0 Å². The molecule has 1 rings (SSSR count). The van der Waals surface area contributed by atoms with Crippen LogP contribution in [-0.4, -0.2) is 6.21 Å². The first-order chi connectivity index (χ1) is 4.20. The van der Waals surface area contributed by atoms with Crippen molar-refractivity contribution in [2.24, 2.45) is 4.99 Å². The Labute approximate surface area is 61.1 Å². The predicted octanol–water partition coefficient (Wildman–Crippen LogP) is 2.36. The summed E-state index contributed by atoms with van der Waals surface area (Å²) in [7, 11) is 0. The molecule has 0 aromatic carbocycles. The Bertz CT molecular complexity index is 195. The van der Waals surface area contributed by atoms with Crippen molar-refractivity contribution < 1.29 is 4.39 Å². The van der Waals surface area contributed by atoms with Crippen LogP contribution in [0.3, 0.4) is 0 Å². The first-order valence-electron chi connectivity index (χ1n) is 2.33. The molecular formula is C6H4BrFN. The Kier molecular flexibility index (Phi) is 1.81. The summed E-state index contributed by atoms with van der Waals surface area (Å²) in [5.41, 5.74) is 0.697. The molecule has 0 saturated heterocycles. The average Bonchev–Trinajstić information content (AvgIpc) is 1.80. The minimum Gasteiger partial charge on any atom is -0.244 e. The molecule has 1 heterocycles. The van der Waals surface area contributed by atoms with Gasteiger partial charge in [-0.05, 0) is 27.6 Å². The highest BCUT2D eigenvalue weighted by Crippen LogP contribution is 2.26. The van der Waals surface area contributed by atoms with Crippen molar-refractivity contribution in [1.82, 2.24) is 0 Å². The number of dihydropyridines is 1. The van der Waals surface area contributed by atoms with E-state index in [1.165, 1.54) is 6.21 Å². The lowest BCUT2D eigenvalue weighted by Gasteiger charge is -2.03. The van der Waals surface area contributed by atoms with Crippen LogP contribution in [0.15, 0.2) is 27.7 Å². The van der Waals surface area contributed by atoms with E-state index in [-0.39, 0.29) is 0 Å². The van der Waals surface area contributed by atoms with E-state index in [1.807, 2.05) is 0 Å². The van der Waals surface area contributed by atoms with Crippen molar-refractivity contribution in [3.8, 4) is 0 Å². The molecule has 0 aromatic rings. The van der Waals surface area contributed by atoms with Gasteiger partial charge in [-0.15, -0.1) is 0 Å². The molecule has 0 fully saturated rings. The van der Waals surface area contributed by atoms with Crippen molar-refractivity contribution in [2.75, 3.05) is 0 Å². The highest BCUT2D eigenvalue weighted by atomic mass is 79.9. The van der Waals surface area contributed by atoms with Gasteiger partial charge < -0.3 is 0 Å². The van der Waals surface area contributed by atoms with Gasteiger partial charge in [-0.25, -0.2) is 9.38 Å². The Balaban J connectivity index is 2.82. The standard InChI is InChI=1S/C6H4BrFN/c1-4-2-5(7)6(8)9-3-4/h2-3H,1H2. The molecular weight excluding hydrogens is 185 g/mol. The summed E-state index contributed by atoms with van der Waals surface area (Å²) < 4.78 is 12.7. The fourth-order valence-corrected chi connectivity index (χ4v) is 0.857. The van der Waals surface area contributed by atoms with Crippen LogP contribution in [0.1, 0.15) is 0 Å². The molecule has 0 saturated carbocycles. The molecule has 1 radical (unpaired) electrons. The summed E-state index contributed by atoms with van der Waals surface area (Å²) in [5.74, 6) is 0. The molecule has 1 nitrogen and oxygen atoms in total. The fraction of sp³-hybridized carbons (Fsp3) is 0. The molecule has 0 aliphatic carbocycles. The van der Waals surface area contributed by atoms with Crippen LogP contribution >= 0.6 is 15.9 Å². The molecule has 9 heavy (non-hydrogen) atoms. The number of aliphatic imine (C=N–C) groups is 1. The molecule has 0 N–H and O–H groups in total. The minimum atomic E-state index is -0.498. The normalized spacial score (nSPS) is 20.2. The number of halogens is 2. The highest BCUT2D eigenvalue weighted by Gasteiger charge is 2.12. The van der Waals surface area contributed by atoms with E-state index in [2.05, 4.69) is 27.5 Å². The highest BCUT2D eigenvalue weighted by molar-refractivity contribution is 9.11. The number of nitrogens with zero attached hydrogens (tertiary/aromatic N) is 1. The van der Waals surface area contributed by atoms with Crippen molar-refractivity contribution in [3.05, 3.63) is 29.0 Å². The van der Waals surface area contributed by atoms with E-state index in [9.17, 15) is 4.39 Å². The van der Waals surface area contributed by atoms with Crippen molar-refractivity contribution >= 4 is 22.1 Å². The molecule has 0 amide bonds. The number of rotatable bonds is 0. The lowest BCUT2D eigenvalue weighted by atomic mass is 10.2. The van der Waals surface area contributed by atoms with Gasteiger partial charge in [0, 0.05) is 6.21 Å². The van der Waals surface area contributed by atoms with Crippen molar-refractivity contribution in [2.45, 2.75) is 0 Å². The maximum Gasteiger partial charge on any atom is 0.291 e. The third-order valence-electron chi connectivity index (χ3n) is 0.853. The van der Waals surface area contributed by atoms with E-state index in [1.54, 1.807) is 6.08 Å². The summed E-state index contributed by atoms with van der Waals surface area (Å²) in [4.78, 5) is 3.40. The molecule has 0 bridgehead atoms.